The molecule has 2 heteroatoms. The molecule has 1 spiro atoms. The van der Waals surface area contributed by atoms with Gasteiger partial charge in [-0.15, -0.1) is 0 Å². The number of para-hydroxylation sites is 2. The van der Waals surface area contributed by atoms with E-state index in [0.29, 0.717) is 0 Å². The molecule has 0 fully saturated rings. The molecule has 10 aromatic carbocycles. The average molecular weight is 841 g/mol. The molecule has 66 heavy (non-hydrogen) atoms. The summed E-state index contributed by atoms with van der Waals surface area (Å²) in [4.78, 5) is 2.53. The first-order chi connectivity index (χ1) is 32.5. The van der Waals surface area contributed by atoms with Crippen molar-refractivity contribution in [3.05, 3.63) is 264 Å². The van der Waals surface area contributed by atoms with Crippen LogP contribution in [0.3, 0.4) is 0 Å². The van der Waals surface area contributed by atoms with Crippen molar-refractivity contribution in [1.82, 2.24) is 4.57 Å². The SMILES string of the molecule is CC1(C)c2cc(N(c3ccc(-c4ccccc4)cc3)c3cccc4c3-c3ccccc3C43c4ccccc4-c4ccccc43)ccc2-c2cc3c4ccccc4n(-c4ccccc4)c3cc21. The van der Waals surface area contributed by atoms with Gasteiger partial charge < -0.3 is 9.47 Å². The summed E-state index contributed by atoms with van der Waals surface area (Å²) in [6, 6.07) is 86.1. The minimum atomic E-state index is -0.438. The summed E-state index contributed by atoms with van der Waals surface area (Å²) in [6.07, 6.45) is 0. The Morgan fingerprint density at radius 2 is 0.894 bits per heavy atom. The lowest BCUT2D eigenvalue weighted by Gasteiger charge is -2.32. The van der Waals surface area contributed by atoms with E-state index in [1.807, 2.05) is 0 Å². The lowest BCUT2D eigenvalue weighted by atomic mass is 9.70. The van der Waals surface area contributed by atoms with E-state index < -0.39 is 5.41 Å². The van der Waals surface area contributed by atoms with Crippen LogP contribution in [0.25, 0.3) is 72.0 Å². The zero-order chi connectivity index (χ0) is 43.7. The molecule has 14 rings (SSSR count). The molecule has 2 nitrogen and oxygen atoms in total. The van der Waals surface area contributed by atoms with E-state index in [9.17, 15) is 0 Å². The van der Waals surface area contributed by atoms with E-state index in [1.165, 1.54) is 111 Å². The highest BCUT2D eigenvalue weighted by Gasteiger charge is 2.52. The number of fused-ring (bicyclic) bond motifs is 16. The predicted molar refractivity (Wildman–Crippen MR) is 275 cm³/mol. The summed E-state index contributed by atoms with van der Waals surface area (Å²) in [5, 5.41) is 2.55. The minimum absolute atomic E-state index is 0.262. The van der Waals surface area contributed by atoms with Gasteiger partial charge in [0.2, 0.25) is 0 Å². The second kappa shape index (κ2) is 13.7. The van der Waals surface area contributed by atoms with Crippen LogP contribution in [0, 0.1) is 0 Å². The molecule has 3 aliphatic rings. The highest BCUT2D eigenvalue weighted by atomic mass is 15.1. The van der Waals surface area contributed by atoms with Gasteiger partial charge in [-0.25, -0.2) is 0 Å². The zero-order valence-corrected chi connectivity index (χ0v) is 36.8. The summed E-state index contributed by atoms with van der Waals surface area (Å²) in [5.41, 5.74) is 24.7. The monoisotopic (exact) mass is 840 g/mol. The van der Waals surface area contributed by atoms with E-state index in [0.717, 1.165) is 11.4 Å². The maximum Gasteiger partial charge on any atom is 0.0726 e. The number of benzene rings is 10. The number of rotatable bonds is 5. The third kappa shape index (κ3) is 4.91. The first kappa shape index (κ1) is 37.2. The van der Waals surface area contributed by atoms with Gasteiger partial charge in [-0.2, -0.15) is 0 Å². The van der Waals surface area contributed by atoms with Crippen molar-refractivity contribution >= 4 is 38.9 Å². The standard InChI is InChI=1S/C64H44N2/c1-63(2)57-38-45(36-37-48(57)51-39-52-49-24-12-16-30-59(49)66(61(52)40-58(51)63)43-20-7-4-8-21-43)65(44-34-32-42(33-35-44)41-18-5-3-6-19-41)60-31-17-29-56-62(60)50-25-11-15-28-55(50)64(56)53-26-13-9-22-46(53)47-23-10-14-27-54(47)64/h3-40H,1-2H3. The third-order valence-electron chi connectivity index (χ3n) is 15.2. The molecule has 0 bridgehead atoms. The smallest absolute Gasteiger partial charge is 0.0726 e. The highest BCUT2D eigenvalue weighted by Crippen LogP contribution is 2.65. The molecule has 0 saturated carbocycles. The second-order valence-corrected chi connectivity index (χ2v) is 18.8. The van der Waals surface area contributed by atoms with E-state index in [1.54, 1.807) is 0 Å². The van der Waals surface area contributed by atoms with Gasteiger partial charge in [-0.1, -0.05) is 184 Å². The maximum atomic E-state index is 2.53. The molecular weight excluding hydrogens is 797 g/mol. The molecule has 0 saturated heterocycles. The fraction of sp³-hybridized carbons (Fsp3) is 0.0625. The van der Waals surface area contributed by atoms with Crippen molar-refractivity contribution in [2.24, 2.45) is 0 Å². The Kier molecular flexibility index (Phi) is 7.70. The summed E-state index contributed by atoms with van der Waals surface area (Å²) in [6.45, 7) is 4.83. The van der Waals surface area contributed by atoms with E-state index >= 15 is 0 Å². The Hall–Kier alpha value is -8.20. The molecule has 1 aromatic heterocycles. The highest BCUT2D eigenvalue weighted by molar-refractivity contribution is 6.12. The van der Waals surface area contributed by atoms with Crippen molar-refractivity contribution < 1.29 is 0 Å². The van der Waals surface area contributed by atoms with Crippen LogP contribution < -0.4 is 4.90 Å². The fourth-order valence-corrected chi connectivity index (χ4v) is 12.4. The number of aromatic nitrogens is 1. The molecule has 310 valence electrons. The summed E-state index contributed by atoms with van der Waals surface area (Å²) >= 11 is 0. The van der Waals surface area contributed by atoms with Crippen LogP contribution in [0.15, 0.2) is 231 Å². The van der Waals surface area contributed by atoms with E-state index in [2.05, 4.69) is 254 Å². The van der Waals surface area contributed by atoms with E-state index in [-0.39, 0.29) is 5.41 Å². The fourth-order valence-electron chi connectivity index (χ4n) is 12.4. The number of nitrogens with zero attached hydrogens (tertiary/aromatic N) is 2. The second-order valence-electron chi connectivity index (χ2n) is 18.8. The Balaban J connectivity index is 0.998. The molecule has 0 amide bonds. The number of hydrogen-bond acceptors (Lipinski definition) is 1. The van der Waals surface area contributed by atoms with Crippen LogP contribution in [0.5, 0.6) is 0 Å². The van der Waals surface area contributed by atoms with Gasteiger partial charge in [0.05, 0.1) is 22.1 Å². The summed E-state index contributed by atoms with van der Waals surface area (Å²) < 4.78 is 2.44. The van der Waals surface area contributed by atoms with Gasteiger partial charge in [0, 0.05) is 38.8 Å². The van der Waals surface area contributed by atoms with Crippen LogP contribution >= 0.6 is 0 Å². The first-order valence-electron chi connectivity index (χ1n) is 23.2. The van der Waals surface area contributed by atoms with Gasteiger partial charge in [0.15, 0.2) is 0 Å². The van der Waals surface area contributed by atoms with E-state index in [4.69, 9.17) is 0 Å². The Bertz CT molecular complexity index is 3730. The van der Waals surface area contributed by atoms with Crippen LogP contribution in [-0.2, 0) is 10.8 Å². The van der Waals surface area contributed by atoms with Crippen LogP contribution in [0.1, 0.15) is 47.2 Å². The van der Waals surface area contributed by atoms with Crippen molar-refractivity contribution in [3.8, 4) is 50.2 Å². The molecule has 3 aliphatic carbocycles. The minimum Gasteiger partial charge on any atom is -0.310 e. The molecule has 0 atom stereocenters. The number of anilines is 3. The topological polar surface area (TPSA) is 8.17 Å². The van der Waals surface area contributed by atoms with Gasteiger partial charge in [0.1, 0.15) is 0 Å². The largest absolute Gasteiger partial charge is 0.310 e. The first-order valence-corrected chi connectivity index (χ1v) is 23.2. The van der Waals surface area contributed by atoms with Crippen molar-refractivity contribution in [1.29, 1.82) is 0 Å². The third-order valence-corrected chi connectivity index (χ3v) is 15.2. The molecular formula is C64H44N2. The molecule has 11 aromatic rings. The Labute approximate surface area is 385 Å². The normalized spacial score (nSPS) is 14.2. The summed E-state index contributed by atoms with van der Waals surface area (Å²) in [7, 11) is 0. The quantitative estimate of drug-likeness (QED) is 0.168. The maximum absolute atomic E-state index is 2.53. The average Bonchev–Trinajstić information content (AvgIpc) is 4.04. The van der Waals surface area contributed by atoms with Crippen LogP contribution in [-0.4, -0.2) is 4.57 Å². The molecule has 0 aliphatic heterocycles. The van der Waals surface area contributed by atoms with Gasteiger partial charge in [0.25, 0.3) is 0 Å². The predicted octanol–water partition coefficient (Wildman–Crippen LogP) is 16.6. The summed E-state index contributed by atoms with van der Waals surface area (Å²) in [5.74, 6) is 0. The molecule has 0 N–H and O–H groups in total. The van der Waals surface area contributed by atoms with Crippen LogP contribution in [0.4, 0.5) is 17.1 Å². The van der Waals surface area contributed by atoms with Gasteiger partial charge in [-0.3, -0.25) is 0 Å². The molecule has 0 unspecified atom stereocenters. The van der Waals surface area contributed by atoms with Crippen molar-refractivity contribution in [2.75, 3.05) is 4.90 Å². The van der Waals surface area contributed by atoms with Gasteiger partial charge >= 0.3 is 0 Å². The Morgan fingerprint density at radius 3 is 1.62 bits per heavy atom. The van der Waals surface area contributed by atoms with Crippen molar-refractivity contribution in [2.45, 2.75) is 24.7 Å². The Morgan fingerprint density at radius 1 is 0.348 bits per heavy atom. The van der Waals surface area contributed by atoms with Crippen molar-refractivity contribution in [3.63, 3.8) is 0 Å². The number of hydrogen-bond donors (Lipinski definition) is 0. The van der Waals surface area contributed by atoms with Crippen LogP contribution in [0.2, 0.25) is 0 Å². The molecule has 1 heterocycles. The molecule has 0 radical (unpaired) electrons. The lowest BCUT2D eigenvalue weighted by Crippen LogP contribution is -2.26. The van der Waals surface area contributed by atoms with Gasteiger partial charge in [-0.05, 0) is 133 Å². The lowest BCUT2D eigenvalue weighted by molar-refractivity contribution is 0.661. The zero-order valence-electron chi connectivity index (χ0n) is 36.8.